The summed E-state index contributed by atoms with van der Waals surface area (Å²) in [5.74, 6) is -2.57. The van der Waals surface area contributed by atoms with Crippen molar-refractivity contribution in [3.05, 3.63) is 59.2 Å². The van der Waals surface area contributed by atoms with Crippen molar-refractivity contribution < 1.29 is 27.8 Å². The third kappa shape index (κ3) is 4.43. The summed E-state index contributed by atoms with van der Waals surface area (Å²) in [6, 6.07) is 6.97. The lowest BCUT2D eigenvalue weighted by atomic mass is 10.2. The predicted molar refractivity (Wildman–Crippen MR) is 85.5 cm³/mol. The third-order valence-corrected chi connectivity index (χ3v) is 3.19. The Bertz CT molecular complexity index is 796. The monoisotopic (exact) mass is 350 g/mol. The van der Waals surface area contributed by atoms with Crippen LogP contribution in [0.4, 0.5) is 8.78 Å². The first-order valence-electron chi connectivity index (χ1n) is 7.32. The highest BCUT2D eigenvalue weighted by Crippen LogP contribution is 2.27. The Labute approximate surface area is 142 Å². The molecule has 2 aromatic rings. The molecule has 6 nitrogen and oxygen atoms in total. The van der Waals surface area contributed by atoms with E-state index in [4.69, 9.17) is 9.47 Å². The highest BCUT2D eigenvalue weighted by atomic mass is 19.1. The number of halogens is 2. The van der Waals surface area contributed by atoms with E-state index in [-0.39, 0.29) is 5.56 Å². The second kappa shape index (κ2) is 8.09. The average Bonchev–Trinajstić information content (AvgIpc) is 2.60. The maximum atomic E-state index is 13.5. The Morgan fingerprint density at radius 2 is 1.72 bits per heavy atom. The topological polar surface area (TPSA) is 76.7 Å². The first kappa shape index (κ1) is 18.2. The van der Waals surface area contributed by atoms with Crippen LogP contribution in [0.15, 0.2) is 36.4 Å². The molecule has 0 aromatic heterocycles. The minimum absolute atomic E-state index is 0.195. The highest BCUT2D eigenvalue weighted by molar-refractivity contribution is 5.99. The number of carbonyl (C=O) groups excluding carboxylic acids is 2. The SMILES string of the molecule is CCOc1ccc(C(=O)NNC(=O)c2ccc(F)cc2F)cc1OC. The van der Waals surface area contributed by atoms with Crippen molar-refractivity contribution in [2.75, 3.05) is 13.7 Å². The van der Waals surface area contributed by atoms with Crippen LogP contribution in [-0.4, -0.2) is 25.5 Å². The Kier molecular flexibility index (Phi) is 5.89. The molecule has 0 heterocycles. The molecule has 8 heteroatoms. The van der Waals surface area contributed by atoms with Crippen LogP contribution in [0.5, 0.6) is 11.5 Å². The molecule has 0 aliphatic carbocycles. The van der Waals surface area contributed by atoms with Gasteiger partial charge in [0.25, 0.3) is 11.8 Å². The number of ether oxygens (including phenoxy) is 2. The van der Waals surface area contributed by atoms with Gasteiger partial charge in [-0.2, -0.15) is 0 Å². The van der Waals surface area contributed by atoms with E-state index < -0.39 is 29.0 Å². The van der Waals surface area contributed by atoms with Crippen molar-refractivity contribution in [1.82, 2.24) is 10.9 Å². The molecule has 0 aliphatic heterocycles. The first-order chi connectivity index (χ1) is 12.0. The second-order valence-corrected chi connectivity index (χ2v) is 4.83. The molecule has 0 saturated heterocycles. The zero-order valence-corrected chi connectivity index (χ0v) is 13.6. The summed E-state index contributed by atoms with van der Waals surface area (Å²) in [6.45, 7) is 2.24. The molecule has 25 heavy (non-hydrogen) atoms. The number of nitrogens with one attached hydrogen (secondary N) is 2. The summed E-state index contributed by atoms with van der Waals surface area (Å²) in [6.07, 6.45) is 0. The maximum absolute atomic E-state index is 13.5. The number of amides is 2. The van der Waals surface area contributed by atoms with Gasteiger partial charge in [0.05, 0.1) is 19.3 Å². The zero-order valence-electron chi connectivity index (χ0n) is 13.6. The summed E-state index contributed by atoms with van der Waals surface area (Å²) in [4.78, 5) is 23.9. The van der Waals surface area contributed by atoms with Crippen LogP contribution in [0.3, 0.4) is 0 Å². The molecule has 0 radical (unpaired) electrons. The summed E-state index contributed by atoms with van der Waals surface area (Å²) in [5.41, 5.74) is 4.01. The Morgan fingerprint density at radius 1 is 1.00 bits per heavy atom. The van der Waals surface area contributed by atoms with Crippen LogP contribution in [0.1, 0.15) is 27.6 Å². The smallest absolute Gasteiger partial charge is 0.272 e. The van der Waals surface area contributed by atoms with Crippen molar-refractivity contribution in [3.8, 4) is 11.5 Å². The molecular formula is C17H16F2N2O4. The van der Waals surface area contributed by atoms with Gasteiger partial charge in [0.15, 0.2) is 11.5 Å². The van der Waals surface area contributed by atoms with E-state index in [9.17, 15) is 18.4 Å². The van der Waals surface area contributed by atoms with E-state index in [0.29, 0.717) is 24.2 Å². The van der Waals surface area contributed by atoms with E-state index >= 15 is 0 Å². The number of hydrogen-bond donors (Lipinski definition) is 2. The lowest BCUT2D eigenvalue weighted by Crippen LogP contribution is -2.42. The molecule has 0 spiro atoms. The summed E-state index contributed by atoms with van der Waals surface area (Å²) < 4.78 is 36.8. The Balaban J connectivity index is 2.05. The summed E-state index contributed by atoms with van der Waals surface area (Å²) in [5, 5.41) is 0. The van der Waals surface area contributed by atoms with Crippen molar-refractivity contribution >= 4 is 11.8 Å². The number of methoxy groups -OCH3 is 1. The molecule has 0 atom stereocenters. The normalized spacial score (nSPS) is 10.1. The van der Waals surface area contributed by atoms with E-state index in [1.807, 2.05) is 6.92 Å². The number of hydrogen-bond acceptors (Lipinski definition) is 4. The summed E-state index contributed by atoms with van der Waals surface area (Å²) in [7, 11) is 1.43. The molecule has 0 saturated carbocycles. The number of rotatable bonds is 5. The minimum atomic E-state index is -1.03. The fourth-order valence-corrected chi connectivity index (χ4v) is 2.01. The van der Waals surface area contributed by atoms with Gasteiger partial charge in [0.2, 0.25) is 0 Å². The summed E-state index contributed by atoms with van der Waals surface area (Å²) >= 11 is 0. The van der Waals surface area contributed by atoms with Gasteiger partial charge < -0.3 is 9.47 Å². The van der Waals surface area contributed by atoms with E-state index in [0.717, 1.165) is 12.1 Å². The van der Waals surface area contributed by atoms with Gasteiger partial charge in [-0.05, 0) is 37.3 Å². The second-order valence-electron chi connectivity index (χ2n) is 4.83. The van der Waals surface area contributed by atoms with Gasteiger partial charge in [-0.15, -0.1) is 0 Å². The van der Waals surface area contributed by atoms with Crippen molar-refractivity contribution in [1.29, 1.82) is 0 Å². The molecular weight excluding hydrogens is 334 g/mol. The van der Waals surface area contributed by atoms with E-state index in [1.165, 1.54) is 19.2 Å². The van der Waals surface area contributed by atoms with E-state index in [1.54, 1.807) is 6.07 Å². The van der Waals surface area contributed by atoms with Crippen LogP contribution in [0.25, 0.3) is 0 Å². The van der Waals surface area contributed by atoms with Crippen molar-refractivity contribution in [2.45, 2.75) is 6.92 Å². The van der Waals surface area contributed by atoms with Gasteiger partial charge in [-0.3, -0.25) is 20.4 Å². The molecule has 2 aromatic carbocycles. The average molecular weight is 350 g/mol. The molecule has 0 aliphatic rings. The van der Waals surface area contributed by atoms with E-state index in [2.05, 4.69) is 10.9 Å². The first-order valence-corrected chi connectivity index (χ1v) is 7.32. The number of benzene rings is 2. The van der Waals surface area contributed by atoms with Gasteiger partial charge in [0, 0.05) is 11.6 Å². The Morgan fingerprint density at radius 3 is 2.36 bits per heavy atom. The van der Waals surface area contributed by atoms with Crippen LogP contribution in [0, 0.1) is 11.6 Å². The molecule has 2 amide bonds. The van der Waals surface area contributed by atoms with Gasteiger partial charge >= 0.3 is 0 Å². The standard InChI is InChI=1S/C17H16F2N2O4/c1-3-25-14-7-4-10(8-15(14)24-2)16(22)20-21-17(23)12-6-5-11(18)9-13(12)19/h4-9H,3H2,1-2H3,(H,20,22)(H,21,23). The highest BCUT2D eigenvalue weighted by Gasteiger charge is 2.15. The van der Waals surface area contributed by atoms with Gasteiger partial charge in [-0.1, -0.05) is 0 Å². The van der Waals surface area contributed by atoms with Gasteiger partial charge in [0.1, 0.15) is 11.6 Å². The van der Waals surface area contributed by atoms with Crippen LogP contribution in [0.2, 0.25) is 0 Å². The Hall–Kier alpha value is -3.16. The van der Waals surface area contributed by atoms with Crippen LogP contribution < -0.4 is 20.3 Å². The lowest BCUT2D eigenvalue weighted by molar-refractivity contribution is 0.0844. The van der Waals surface area contributed by atoms with Crippen molar-refractivity contribution in [3.63, 3.8) is 0 Å². The molecule has 132 valence electrons. The zero-order chi connectivity index (χ0) is 18.4. The third-order valence-electron chi connectivity index (χ3n) is 3.19. The van der Waals surface area contributed by atoms with Crippen LogP contribution >= 0.6 is 0 Å². The largest absolute Gasteiger partial charge is 0.493 e. The predicted octanol–water partition coefficient (Wildman–Crippen LogP) is 2.45. The molecule has 2 rings (SSSR count). The molecule has 0 unspecified atom stereocenters. The fourth-order valence-electron chi connectivity index (χ4n) is 2.01. The van der Waals surface area contributed by atoms with Gasteiger partial charge in [-0.25, -0.2) is 8.78 Å². The van der Waals surface area contributed by atoms with Crippen molar-refractivity contribution in [2.24, 2.45) is 0 Å². The number of hydrazine groups is 1. The maximum Gasteiger partial charge on any atom is 0.272 e. The lowest BCUT2D eigenvalue weighted by Gasteiger charge is -2.12. The molecule has 0 bridgehead atoms. The number of carbonyl (C=O) groups is 2. The van der Waals surface area contributed by atoms with Crippen LogP contribution in [-0.2, 0) is 0 Å². The minimum Gasteiger partial charge on any atom is -0.493 e. The molecule has 2 N–H and O–H groups in total. The molecule has 0 fully saturated rings. The quantitative estimate of drug-likeness (QED) is 0.812. The fraction of sp³-hybridized carbons (Fsp3) is 0.176.